The molecular weight excluding hydrogens is 225 g/mol. The van der Waals surface area contributed by atoms with Gasteiger partial charge in [0.25, 0.3) is 0 Å². The van der Waals surface area contributed by atoms with Gasteiger partial charge < -0.3 is 9.47 Å². The van der Waals surface area contributed by atoms with Gasteiger partial charge in [-0.2, -0.15) is 0 Å². The molecule has 0 heterocycles. The molecule has 1 rings (SSSR count). The molecule has 1 aromatic carbocycles. The highest BCUT2D eigenvalue weighted by Gasteiger charge is 2.25. The van der Waals surface area contributed by atoms with E-state index in [1.165, 1.54) is 28.1 Å². The molecule has 0 bridgehead atoms. The van der Waals surface area contributed by atoms with Crippen molar-refractivity contribution >= 4 is 0 Å². The number of methoxy groups -OCH3 is 2. The summed E-state index contributed by atoms with van der Waals surface area (Å²) in [4.78, 5) is 4.57. The Kier molecular flexibility index (Phi) is 4.31. The van der Waals surface area contributed by atoms with E-state index >= 15 is 0 Å². The number of benzene rings is 1. The van der Waals surface area contributed by atoms with Crippen LogP contribution in [0.15, 0.2) is 12.1 Å². The second-order valence-electron chi connectivity index (χ2n) is 4.15. The van der Waals surface area contributed by atoms with Crippen LogP contribution in [0.4, 0.5) is 4.39 Å². The van der Waals surface area contributed by atoms with Crippen molar-refractivity contribution in [2.24, 2.45) is 5.90 Å². The van der Waals surface area contributed by atoms with Gasteiger partial charge in [-0.1, -0.05) is 0 Å². The summed E-state index contributed by atoms with van der Waals surface area (Å²) in [6, 6.07) is 3.27. The number of rotatable bonds is 5. The van der Waals surface area contributed by atoms with Crippen LogP contribution in [0, 0.1) is 0 Å². The number of hydrogen-bond acceptors (Lipinski definition) is 4. The Morgan fingerprint density at radius 1 is 1.18 bits per heavy atom. The fourth-order valence-corrected chi connectivity index (χ4v) is 1.63. The summed E-state index contributed by atoms with van der Waals surface area (Å²) >= 11 is 0. The minimum Gasteiger partial charge on any atom is -0.496 e. The van der Waals surface area contributed by atoms with E-state index in [1.54, 1.807) is 12.1 Å². The third-order valence-electron chi connectivity index (χ3n) is 2.48. The molecule has 0 aliphatic heterocycles. The molecule has 1 aromatic rings. The molecule has 17 heavy (non-hydrogen) atoms. The monoisotopic (exact) mass is 243 g/mol. The van der Waals surface area contributed by atoms with Crippen LogP contribution < -0.4 is 15.4 Å². The van der Waals surface area contributed by atoms with Crippen LogP contribution in [0.25, 0.3) is 0 Å². The minimum atomic E-state index is -1.51. The Balaban J connectivity index is 3.34. The van der Waals surface area contributed by atoms with Gasteiger partial charge in [0.2, 0.25) is 0 Å². The molecule has 0 atom stereocenters. The van der Waals surface area contributed by atoms with E-state index in [0.29, 0.717) is 22.6 Å². The van der Waals surface area contributed by atoms with Gasteiger partial charge in [-0.25, -0.2) is 10.3 Å². The van der Waals surface area contributed by atoms with Gasteiger partial charge in [0.15, 0.2) is 0 Å². The Bertz CT molecular complexity index is 388. The topological polar surface area (TPSA) is 53.7 Å². The SMILES string of the molecule is COc1cc(OC)c(C(C)(C)F)cc1CON. The highest BCUT2D eigenvalue weighted by atomic mass is 19.1. The average molecular weight is 243 g/mol. The number of nitrogens with two attached hydrogens (primary N) is 1. The van der Waals surface area contributed by atoms with Crippen molar-refractivity contribution < 1.29 is 18.7 Å². The van der Waals surface area contributed by atoms with E-state index in [-0.39, 0.29) is 6.61 Å². The molecule has 96 valence electrons. The molecule has 4 nitrogen and oxygen atoms in total. The van der Waals surface area contributed by atoms with Crippen molar-refractivity contribution in [2.75, 3.05) is 14.2 Å². The minimum absolute atomic E-state index is 0.149. The predicted octanol–water partition coefficient (Wildman–Crippen LogP) is 2.30. The fraction of sp³-hybridized carbons (Fsp3) is 0.500. The van der Waals surface area contributed by atoms with Crippen LogP contribution in [0.2, 0.25) is 0 Å². The Morgan fingerprint density at radius 3 is 2.18 bits per heavy atom. The van der Waals surface area contributed by atoms with Crippen molar-refractivity contribution in [3.63, 3.8) is 0 Å². The molecular formula is C12H18FNO3. The lowest BCUT2D eigenvalue weighted by molar-refractivity contribution is 0.121. The van der Waals surface area contributed by atoms with Gasteiger partial charge in [-0.3, -0.25) is 4.84 Å². The van der Waals surface area contributed by atoms with Crippen LogP contribution in [0.5, 0.6) is 11.5 Å². The van der Waals surface area contributed by atoms with Crippen LogP contribution in [0.3, 0.4) is 0 Å². The number of hydrogen-bond donors (Lipinski definition) is 1. The van der Waals surface area contributed by atoms with Gasteiger partial charge in [0.1, 0.15) is 17.2 Å². The van der Waals surface area contributed by atoms with Crippen LogP contribution in [-0.4, -0.2) is 14.2 Å². The maximum absolute atomic E-state index is 14.0. The van der Waals surface area contributed by atoms with Crippen LogP contribution >= 0.6 is 0 Å². The van der Waals surface area contributed by atoms with Crippen molar-refractivity contribution in [1.29, 1.82) is 0 Å². The lowest BCUT2D eigenvalue weighted by atomic mass is 9.96. The molecule has 0 aromatic heterocycles. The second kappa shape index (κ2) is 5.33. The average Bonchev–Trinajstić information content (AvgIpc) is 2.27. The van der Waals surface area contributed by atoms with Gasteiger partial charge in [0.05, 0.1) is 20.8 Å². The van der Waals surface area contributed by atoms with Crippen LogP contribution in [-0.2, 0) is 17.1 Å². The van der Waals surface area contributed by atoms with Crippen molar-refractivity contribution in [2.45, 2.75) is 26.1 Å². The first kappa shape index (κ1) is 13.7. The molecule has 0 amide bonds. The van der Waals surface area contributed by atoms with E-state index in [1.807, 2.05) is 0 Å². The number of halogens is 1. The normalized spacial score (nSPS) is 11.4. The number of alkyl halides is 1. The third-order valence-corrected chi connectivity index (χ3v) is 2.48. The van der Waals surface area contributed by atoms with E-state index in [2.05, 4.69) is 4.84 Å². The molecule has 0 saturated carbocycles. The summed E-state index contributed by atoms with van der Waals surface area (Å²) in [5.74, 6) is 6.03. The molecule has 0 unspecified atom stereocenters. The van der Waals surface area contributed by atoms with E-state index in [9.17, 15) is 4.39 Å². The molecule has 0 spiro atoms. The predicted molar refractivity (Wildman–Crippen MR) is 62.7 cm³/mol. The standard InChI is InChI=1S/C12H18FNO3/c1-12(2,13)9-5-8(7-17-14)10(15-3)6-11(9)16-4/h5-6H,7,14H2,1-4H3. The highest BCUT2D eigenvalue weighted by molar-refractivity contribution is 5.48. The maximum Gasteiger partial charge on any atom is 0.134 e. The Labute approximate surface area is 100 Å². The first-order chi connectivity index (χ1) is 7.93. The summed E-state index contributed by atoms with van der Waals surface area (Å²) in [5.41, 5.74) is -0.398. The lowest BCUT2D eigenvalue weighted by Crippen LogP contribution is -2.13. The summed E-state index contributed by atoms with van der Waals surface area (Å²) in [6.45, 7) is 3.07. The maximum atomic E-state index is 14.0. The quantitative estimate of drug-likeness (QED) is 0.806. The molecule has 0 saturated heterocycles. The van der Waals surface area contributed by atoms with Gasteiger partial charge >= 0.3 is 0 Å². The first-order valence-corrected chi connectivity index (χ1v) is 5.20. The van der Waals surface area contributed by atoms with Crippen molar-refractivity contribution in [1.82, 2.24) is 0 Å². The molecule has 0 radical (unpaired) electrons. The molecule has 5 heteroatoms. The third kappa shape index (κ3) is 3.08. The lowest BCUT2D eigenvalue weighted by Gasteiger charge is -2.21. The smallest absolute Gasteiger partial charge is 0.134 e. The summed E-state index contributed by atoms with van der Waals surface area (Å²) < 4.78 is 24.4. The zero-order valence-corrected chi connectivity index (χ0v) is 10.5. The van der Waals surface area contributed by atoms with E-state index in [4.69, 9.17) is 15.4 Å². The molecule has 2 N–H and O–H groups in total. The Morgan fingerprint density at radius 2 is 1.76 bits per heavy atom. The van der Waals surface area contributed by atoms with Gasteiger partial charge in [-0.05, 0) is 19.9 Å². The van der Waals surface area contributed by atoms with E-state index in [0.717, 1.165) is 0 Å². The summed E-state index contributed by atoms with van der Waals surface area (Å²) in [5, 5.41) is 0. The zero-order chi connectivity index (χ0) is 13.1. The van der Waals surface area contributed by atoms with Gasteiger partial charge in [-0.15, -0.1) is 0 Å². The Hall–Kier alpha value is -1.33. The molecule has 0 aliphatic rings. The van der Waals surface area contributed by atoms with Crippen molar-refractivity contribution in [3.05, 3.63) is 23.3 Å². The first-order valence-electron chi connectivity index (χ1n) is 5.20. The highest BCUT2D eigenvalue weighted by Crippen LogP contribution is 2.37. The summed E-state index contributed by atoms with van der Waals surface area (Å²) in [7, 11) is 3.01. The molecule has 0 aliphatic carbocycles. The fourth-order valence-electron chi connectivity index (χ4n) is 1.63. The summed E-state index contributed by atoms with van der Waals surface area (Å²) in [6.07, 6.45) is 0. The number of ether oxygens (including phenoxy) is 2. The van der Waals surface area contributed by atoms with Crippen LogP contribution in [0.1, 0.15) is 25.0 Å². The zero-order valence-electron chi connectivity index (χ0n) is 10.5. The van der Waals surface area contributed by atoms with E-state index < -0.39 is 5.67 Å². The molecule has 0 fully saturated rings. The van der Waals surface area contributed by atoms with Crippen molar-refractivity contribution in [3.8, 4) is 11.5 Å². The second-order valence-corrected chi connectivity index (χ2v) is 4.15. The largest absolute Gasteiger partial charge is 0.496 e. The van der Waals surface area contributed by atoms with Gasteiger partial charge in [0, 0.05) is 17.2 Å².